The highest BCUT2D eigenvalue weighted by Crippen LogP contribution is 2.24. The van der Waals surface area contributed by atoms with Crippen molar-refractivity contribution in [3.8, 4) is 0 Å². The minimum absolute atomic E-state index is 0.0351. The number of fused-ring (bicyclic) bond motifs is 2. The van der Waals surface area contributed by atoms with Crippen LogP contribution in [-0.2, 0) is 4.79 Å². The van der Waals surface area contributed by atoms with Crippen molar-refractivity contribution in [2.75, 3.05) is 20.6 Å². The van der Waals surface area contributed by atoms with Gasteiger partial charge in [0.15, 0.2) is 0 Å². The van der Waals surface area contributed by atoms with Gasteiger partial charge in [-0.1, -0.05) is 31.2 Å². The van der Waals surface area contributed by atoms with Crippen LogP contribution in [0.25, 0.3) is 0 Å². The van der Waals surface area contributed by atoms with E-state index in [2.05, 4.69) is 17.0 Å². The summed E-state index contributed by atoms with van der Waals surface area (Å²) in [4.78, 5) is 32.3. The number of urea groups is 1. The van der Waals surface area contributed by atoms with Gasteiger partial charge in [0.05, 0.1) is 12.3 Å². The minimum atomic E-state index is -0.554. The smallest absolute Gasteiger partial charge is 0.270 e. The third-order valence-electron chi connectivity index (χ3n) is 5.20. The van der Waals surface area contributed by atoms with Gasteiger partial charge in [-0.25, -0.2) is 9.37 Å². The number of hydrogen-bond acceptors (Lipinski definition) is 5. The molecule has 136 valence electrons. The molecule has 3 amide bonds. The first kappa shape index (κ1) is 17.6. The summed E-state index contributed by atoms with van der Waals surface area (Å²) in [5.74, 6) is 0.945. The number of carbonyl (C=O) groups is 2. The predicted octanol–water partition coefficient (Wildman–Crippen LogP) is 1.32. The lowest BCUT2D eigenvalue weighted by Gasteiger charge is -2.33. The molecule has 3 aliphatic heterocycles. The average Bonchev–Trinajstić information content (AvgIpc) is 3.00. The fourth-order valence-corrected chi connectivity index (χ4v) is 3.50. The van der Waals surface area contributed by atoms with E-state index in [4.69, 9.17) is 0 Å². The average molecular weight is 347 g/mol. The van der Waals surface area contributed by atoms with E-state index in [1.54, 1.807) is 7.05 Å². The number of unbranched alkanes of at least 4 members (excludes halogenated alkanes) is 3. The number of amides is 3. The third kappa shape index (κ3) is 2.73. The molecule has 0 aliphatic carbocycles. The Hall–Kier alpha value is -2.25. The lowest BCUT2D eigenvalue weighted by atomic mass is 10.1. The molecular weight excluding hydrogens is 320 g/mol. The van der Waals surface area contributed by atoms with E-state index in [-0.39, 0.29) is 18.0 Å². The number of hydrogen-bond donors (Lipinski definition) is 0. The Labute approximate surface area is 148 Å². The first-order valence-electron chi connectivity index (χ1n) is 9.00. The molecule has 0 saturated carbocycles. The molecule has 3 heterocycles. The number of hydrazone groups is 1. The SMILES string of the molecule is CCCCCCN1N=C(C)C(C)[N+]2=C1N=C1C2C(=O)N(C)C(=O)N1C. The molecule has 0 aromatic carbocycles. The number of aliphatic imine (C=N–C) groups is 1. The molecule has 25 heavy (non-hydrogen) atoms. The van der Waals surface area contributed by atoms with Gasteiger partial charge >= 0.3 is 12.0 Å². The summed E-state index contributed by atoms with van der Waals surface area (Å²) < 4.78 is 2.00. The van der Waals surface area contributed by atoms with Crippen LogP contribution in [-0.4, -0.2) is 81.6 Å². The summed E-state index contributed by atoms with van der Waals surface area (Å²) in [6, 6.07) is -0.936. The zero-order valence-electron chi connectivity index (χ0n) is 15.7. The van der Waals surface area contributed by atoms with E-state index in [1.807, 2.05) is 23.4 Å². The largest absolute Gasteiger partial charge is 0.416 e. The number of rotatable bonds is 5. The third-order valence-corrected chi connectivity index (χ3v) is 5.20. The van der Waals surface area contributed by atoms with Gasteiger partial charge in [-0.3, -0.25) is 14.6 Å². The summed E-state index contributed by atoms with van der Waals surface area (Å²) in [6.45, 7) is 6.95. The molecule has 2 unspecified atom stereocenters. The van der Waals surface area contributed by atoms with Gasteiger partial charge in [0.25, 0.3) is 5.91 Å². The van der Waals surface area contributed by atoms with Crippen molar-refractivity contribution in [1.29, 1.82) is 0 Å². The molecule has 0 spiro atoms. The Morgan fingerprint density at radius 3 is 2.52 bits per heavy atom. The Morgan fingerprint density at radius 1 is 1.12 bits per heavy atom. The van der Waals surface area contributed by atoms with Crippen molar-refractivity contribution < 1.29 is 14.2 Å². The van der Waals surface area contributed by atoms with Crippen molar-refractivity contribution >= 4 is 29.4 Å². The second-order valence-electron chi connectivity index (χ2n) is 6.92. The van der Waals surface area contributed by atoms with Crippen LogP contribution in [0.5, 0.6) is 0 Å². The van der Waals surface area contributed by atoms with Crippen LogP contribution < -0.4 is 0 Å². The molecule has 0 bridgehead atoms. The van der Waals surface area contributed by atoms with Gasteiger partial charge in [-0.2, -0.15) is 0 Å². The summed E-state index contributed by atoms with van der Waals surface area (Å²) in [5.41, 5.74) is 0.950. The monoisotopic (exact) mass is 347 g/mol. The molecule has 0 aromatic heterocycles. The standard InChI is InChI=1S/C17H27N6O2/c1-6-7-8-9-10-22-16-18-14-13(23(16)12(3)11(2)19-22)15(24)21(5)17(25)20(14)4/h12-13H,6-10H2,1-5H3/q+1. The second kappa shape index (κ2) is 6.57. The molecule has 3 rings (SSSR count). The van der Waals surface area contributed by atoms with Crippen LogP contribution in [0.4, 0.5) is 4.79 Å². The molecule has 1 fully saturated rings. The minimum Gasteiger partial charge on any atom is -0.270 e. The van der Waals surface area contributed by atoms with Crippen LogP contribution >= 0.6 is 0 Å². The van der Waals surface area contributed by atoms with E-state index in [0.29, 0.717) is 11.8 Å². The normalized spacial score (nSPS) is 26.0. The topological polar surface area (TPSA) is 71.6 Å². The van der Waals surface area contributed by atoms with Crippen LogP contribution in [0.3, 0.4) is 0 Å². The fourth-order valence-electron chi connectivity index (χ4n) is 3.50. The lowest BCUT2D eigenvalue weighted by Crippen LogP contribution is -2.63. The molecule has 0 N–H and O–H groups in total. The van der Waals surface area contributed by atoms with Crippen molar-refractivity contribution in [2.24, 2.45) is 10.1 Å². The molecule has 2 atom stereocenters. The number of imide groups is 1. The van der Waals surface area contributed by atoms with Crippen LogP contribution in [0.2, 0.25) is 0 Å². The first-order chi connectivity index (χ1) is 11.9. The van der Waals surface area contributed by atoms with E-state index in [0.717, 1.165) is 25.1 Å². The maximum Gasteiger partial charge on any atom is 0.416 e. The Morgan fingerprint density at radius 2 is 1.84 bits per heavy atom. The number of nitrogens with zero attached hydrogens (tertiary/aromatic N) is 6. The highest BCUT2D eigenvalue weighted by molar-refractivity contribution is 6.23. The second-order valence-corrected chi connectivity index (χ2v) is 6.92. The van der Waals surface area contributed by atoms with Gasteiger partial charge in [0, 0.05) is 14.1 Å². The van der Waals surface area contributed by atoms with Crippen LogP contribution in [0.1, 0.15) is 46.5 Å². The van der Waals surface area contributed by atoms with Gasteiger partial charge < -0.3 is 0 Å². The number of amidine groups is 1. The Bertz CT molecular complexity index is 695. The number of carbonyl (C=O) groups excluding carboxylic acids is 2. The number of guanidine groups is 1. The van der Waals surface area contributed by atoms with Gasteiger partial charge in [0.1, 0.15) is 6.04 Å². The van der Waals surface area contributed by atoms with E-state index < -0.39 is 6.04 Å². The van der Waals surface area contributed by atoms with E-state index in [1.165, 1.54) is 29.7 Å². The van der Waals surface area contributed by atoms with Gasteiger partial charge in [0.2, 0.25) is 11.9 Å². The predicted molar refractivity (Wildman–Crippen MR) is 95.8 cm³/mol. The van der Waals surface area contributed by atoms with Gasteiger partial charge in [-0.05, 0) is 20.3 Å². The Kier molecular flexibility index (Phi) is 4.62. The quantitative estimate of drug-likeness (QED) is 0.556. The van der Waals surface area contributed by atoms with Gasteiger partial charge in [-0.15, -0.1) is 10.1 Å². The maximum absolute atomic E-state index is 12.8. The van der Waals surface area contributed by atoms with Crippen LogP contribution in [0, 0.1) is 0 Å². The molecule has 1 saturated heterocycles. The van der Waals surface area contributed by atoms with Crippen molar-refractivity contribution in [3.63, 3.8) is 0 Å². The molecule has 3 aliphatic rings. The Balaban J connectivity index is 1.93. The number of likely N-dealkylation sites (N-methyl/N-ethyl adjacent to an activating group) is 2. The highest BCUT2D eigenvalue weighted by Gasteiger charge is 2.55. The fraction of sp³-hybridized carbons (Fsp3) is 0.706. The summed E-state index contributed by atoms with van der Waals surface area (Å²) in [7, 11) is 3.19. The zero-order valence-corrected chi connectivity index (χ0v) is 15.7. The van der Waals surface area contributed by atoms with Crippen molar-refractivity contribution in [1.82, 2.24) is 14.8 Å². The maximum atomic E-state index is 12.8. The van der Waals surface area contributed by atoms with Crippen molar-refractivity contribution in [3.05, 3.63) is 0 Å². The summed E-state index contributed by atoms with van der Waals surface area (Å²) >= 11 is 0. The lowest BCUT2D eigenvalue weighted by molar-refractivity contribution is -0.559. The summed E-state index contributed by atoms with van der Waals surface area (Å²) in [6.07, 6.45) is 4.54. The molecule has 0 aromatic rings. The van der Waals surface area contributed by atoms with Crippen LogP contribution in [0.15, 0.2) is 10.1 Å². The zero-order chi connectivity index (χ0) is 18.3. The van der Waals surface area contributed by atoms with E-state index >= 15 is 0 Å². The van der Waals surface area contributed by atoms with E-state index in [9.17, 15) is 9.59 Å². The molecule has 0 radical (unpaired) electrons. The summed E-state index contributed by atoms with van der Waals surface area (Å²) in [5, 5.41) is 6.58. The molecule has 8 nitrogen and oxygen atoms in total. The molecular formula is C17H27N6O2+. The molecule has 8 heteroatoms. The highest BCUT2D eigenvalue weighted by atomic mass is 16.2. The first-order valence-corrected chi connectivity index (χ1v) is 9.00. The van der Waals surface area contributed by atoms with Crippen molar-refractivity contribution in [2.45, 2.75) is 58.5 Å².